The third-order valence-electron chi connectivity index (χ3n) is 3.62. The highest BCUT2D eigenvalue weighted by atomic mass is 35.5. The Kier molecular flexibility index (Phi) is 5.65. The highest BCUT2D eigenvalue weighted by Crippen LogP contribution is 2.60. The molecule has 0 radical (unpaired) electrons. The molecule has 1 aliphatic carbocycles. The molecule has 0 spiro atoms. The lowest BCUT2D eigenvalue weighted by Crippen LogP contribution is -2.52. The summed E-state index contributed by atoms with van der Waals surface area (Å²) >= 11 is 23.2. The predicted octanol–water partition coefficient (Wildman–Crippen LogP) is 6.55. The van der Waals surface area contributed by atoms with E-state index in [1.165, 1.54) is 12.3 Å². The van der Waals surface area contributed by atoms with Crippen LogP contribution in [0.4, 0.5) is 17.6 Å². The number of hydrogen-bond acceptors (Lipinski definition) is 2. The maximum absolute atomic E-state index is 14.7. The maximum atomic E-state index is 14.7. The molecule has 0 N–H and O–H groups in total. The molecule has 1 fully saturated rings. The lowest BCUT2D eigenvalue weighted by Gasteiger charge is -2.43. The van der Waals surface area contributed by atoms with E-state index in [2.05, 4.69) is 4.98 Å². The summed E-state index contributed by atoms with van der Waals surface area (Å²) in [5, 5.41) is 0.182. The topological polar surface area (TPSA) is 12.9 Å². The molecular weight excluding hydrogens is 420 g/mol. The van der Waals surface area contributed by atoms with Gasteiger partial charge in [-0.15, -0.1) is 0 Å². The van der Waals surface area contributed by atoms with Crippen LogP contribution in [0, 0.1) is 5.92 Å². The number of aromatic nitrogens is 1. The Balaban J connectivity index is 2.20. The minimum Gasteiger partial charge on any atom is -0.250 e. The number of halogens is 8. The standard InChI is InChI=1S/C13H11Cl4F4NS/c14-10(15)7-8(4-5-11(10,18)19)12(20,21)13(16,17)23-9-3-1-2-6-22-9/h1-3,6,8H,4-5,7H2. The van der Waals surface area contributed by atoms with Crippen molar-refractivity contribution in [3.63, 3.8) is 0 Å². The molecule has 130 valence electrons. The highest BCUT2D eigenvalue weighted by molar-refractivity contribution is 8.03. The molecule has 1 nitrogen and oxygen atoms in total. The molecule has 1 aliphatic rings. The predicted molar refractivity (Wildman–Crippen MR) is 86.2 cm³/mol. The van der Waals surface area contributed by atoms with Crippen LogP contribution in [-0.4, -0.2) is 24.8 Å². The summed E-state index contributed by atoms with van der Waals surface area (Å²) in [6.45, 7) is 0. The van der Waals surface area contributed by atoms with Gasteiger partial charge in [0.2, 0.25) is 3.67 Å². The summed E-state index contributed by atoms with van der Waals surface area (Å²) in [4.78, 5) is 3.86. The second-order valence-corrected chi connectivity index (χ2v) is 9.75. The molecule has 23 heavy (non-hydrogen) atoms. The highest BCUT2D eigenvalue weighted by Gasteiger charge is 2.64. The van der Waals surface area contributed by atoms with Crippen LogP contribution in [0.3, 0.4) is 0 Å². The van der Waals surface area contributed by atoms with Gasteiger partial charge < -0.3 is 0 Å². The van der Waals surface area contributed by atoms with Gasteiger partial charge in [-0.05, 0) is 25.0 Å². The fraction of sp³-hybridized carbons (Fsp3) is 0.615. The number of nitrogens with zero attached hydrogens (tertiary/aromatic N) is 1. The molecule has 0 bridgehead atoms. The summed E-state index contributed by atoms with van der Waals surface area (Å²) < 4.78 is 51.4. The molecule has 1 atom stereocenters. The zero-order chi connectivity index (χ0) is 17.5. The van der Waals surface area contributed by atoms with Crippen LogP contribution in [0.1, 0.15) is 19.3 Å². The van der Waals surface area contributed by atoms with E-state index >= 15 is 0 Å². The van der Waals surface area contributed by atoms with Crippen LogP contribution in [0.2, 0.25) is 0 Å². The summed E-state index contributed by atoms with van der Waals surface area (Å²) in [6, 6.07) is 4.65. The van der Waals surface area contributed by atoms with Crippen molar-refractivity contribution in [3.05, 3.63) is 24.4 Å². The first-order valence-electron chi connectivity index (χ1n) is 6.50. The Morgan fingerprint density at radius 3 is 2.39 bits per heavy atom. The lowest BCUT2D eigenvalue weighted by molar-refractivity contribution is -0.116. The fourth-order valence-electron chi connectivity index (χ4n) is 2.25. The lowest BCUT2D eigenvalue weighted by atomic mass is 9.82. The van der Waals surface area contributed by atoms with Crippen molar-refractivity contribution >= 4 is 58.2 Å². The zero-order valence-corrected chi connectivity index (χ0v) is 15.2. The summed E-state index contributed by atoms with van der Waals surface area (Å²) in [5.41, 5.74) is 0. The van der Waals surface area contributed by atoms with E-state index in [-0.39, 0.29) is 5.03 Å². The first-order valence-corrected chi connectivity index (χ1v) is 8.83. The average Bonchev–Trinajstić information content (AvgIpc) is 2.42. The number of rotatable bonds is 4. The maximum Gasteiger partial charge on any atom is 0.292 e. The van der Waals surface area contributed by atoms with Crippen molar-refractivity contribution in [2.24, 2.45) is 5.92 Å². The third-order valence-corrected chi connectivity index (χ3v) is 6.42. The van der Waals surface area contributed by atoms with Crippen molar-refractivity contribution in [2.75, 3.05) is 0 Å². The van der Waals surface area contributed by atoms with E-state index in [9.17, 15) is 17.6 Å². The van der Waals surface area contributed by atoms with Gasteiger partial charge >= 0.3 is 0 Å². The molecule has 1 aromatic rings. The first kappa shape index (κ1) is 19.7. The van der Waals surface area contributed by atoms with Crippen LogP contribution in [0.15, 0.2) is 29.4 Å². The van der Waals surface area contributed by atoms with Gasteiger partial charge in [-0.25, -0.2) is 22.5 Å². The van der Waals surface area contributed by atoms with Crippen LogP contribution in [0.25, 0.3) is 0 Å². The largest absolute Gasteiger partial charge is 0.292 e. The minimum absolute atomic E-state index is 0.182. The van der Waals surface area contributed by atoms with Gasteiger partial charge in [0.1, 0.15) is 0 Å². The van der Waals surface area contributed by atoms with Crippen molar-refractivity contribution in [1.29, 1.82) is 0 Å². The van der Waals surface area contributed by atoms with Crippen molar-refractivity contribution in [3.8, 4) is 0 Å². The molecule has 0 aromatic carbocycles. The van der Waals surface area contributed by atoms with Crippen molar-refractivity contribution in [2.45, 2.75) is 44.1 Å². The van der Waals surface area contributed by atoms with Gasteiger partial charge in [-0.3, -0.25) is 0 Å². The molecule has 1 saturated carbocycles. The molecular formula is C13H11Cl4F4NS. The second kappa shape index (κ2) is 6.60. The van der Waals surface area contributed by atoms with Crippen LogP contribution >= 0.6 is 58.2 Å². The van der Waals surface area contributed by atoms with Crippen LogP contribution in [-0.2, 0) is 0 Å². The van der Waals surface area contributed by atoms with Gasteiger partial charge in [0.15, 0.2) is 4.33 Å². The minimum atomic E-state index is -3.70. The third kappa shape index (κ3) is 3.97. The molecule has 1 heterocycles. The van der Waals surface area contributed by atoms with Gasteiger partial charge in [-0.2, -0.15) is 0 Å². The van der Waals surface area contributed by atoms with E-state index in [1.54, 1.807) is 12.1 Å². The SMILES string of the molecule is FC1(F)CCC(C(F)(F)C(Cl)(Cl)Sc2ccccn2)CC1(Cl)Cl. The van der Waals surface area contributed by atoms with E-state index in [0.717, 1.165) is 0 Å². The Labute approximate surface area is 155 Å². The van der Waals surface area contributed by atoms with Crippen LogP contribution in [0.5, 0.6) is 0 Å². The molecule has 0 aliphatic heterocycles. The van der Waals surface area contributed by atoms with E-state index < -0.39 is 45.0 Å². The molecule has 2 rings (SSSR count). The zero-order valence-electron chi connectivity index (χ0n) is 11.4. The second-order valence-electron chi connectivity index (χ2n) is 5.26. The molecule has 10 heteroatoms. The van der Waals surface area contributed by atoms with Crippen molar-refractivity contribution < 1.29 is 17.6 Å². The summed E-state index contributed by atoms with van der Waals surface area (Å²) in [5.74, 6) is -8.73. The number of thioether (sulfide) groups is 1. The van der Waals surface area contributed by atoms with Gasteiger partial charge in [-0.1, -0.05) is 64.2 Å². The number of alkyl halides is 8. The Hall–Kier alpha value is 0.380. The summed E-state index contributed by atoms with van der Waals surface area (Å²) in [6.07, 6.45) is -0.780. The Morgan fingerprint density at radius 2 is 1.87 bits per heavy atom. The quantitative estimate of drug-likeness (QED) is 0.305. The first-order chi connectivity index (χ1) is 10.4. The molecule has 1 unspecified atom stereocenters. The van der Waals surface area contributed by atoms with Crippen LogP contribution < -0.4 is 0 Å². The van der Waals surface area contributed by atoms with E-state index in [1.807, 2.05) is 0 Å². The summed E-state index contributed by atoms with van der Waals surface area (Å²) in [7, 11) is 0. The van der Waals surface area contributed by atoms with Gasteiger partial charge in [0.25, 0.3) is 11.8 Å². The number of pyridine rings is 1. The normalized spacial score (nSPS) is 24.4. The number of hydrogen-bond donors (Lipinski definition) is 0. The van der Waals surface area contributed by atoms with E-state index in [4.69, 9.17) is 46.4 Å². The monoisotopic (exact) mass is 429 g/mol. The molecule has 0 amide bonds. The van der Waals surface area contributed by atoms with Gasteiger partial charge in [0, 0.05) is 18.5 Å². The Bertz CT molecular complexity index is 556. The van der Waals surface area contributed by atoms with Crippen molar-refractivity contribution in [1.82, 2.24) is 4.98 Å². The Morgan fingerprint density at radius 1 is 1.22 bits per heavy atom. The van der Waals surface area contributed by atoms with E-state index in [0.29, 0.717) is 11.8 Å². The molecule has 0 saturated heterocycles. The average molecular weight is 431 g/mol. The molecule has 1 aromatic heterocycles. The van der Waals surface area contributed by atoms with Gasteiger partial charge in [0.05, 0.1) is 5.03 Å². The fourth-order valence-corrected chi connectivity index (χ4v) is 4.42. The smallest absolute Gasteiger partial charge is 0.250 e.